The molecule has 1 aliphatic carbocycles. The highest BCUT2D eigenvalue weighted by Crippen LogP contribution is 2.41. The Balaban J connectivity index is 2.02. The van der Waals surface area contributed by atoms with Crippen LogP contribution in [0.5, 0.6) is 0 Å². The Labute approximate surface area is 110 Å². The maximum Gasteiger partial charge on any atom is 0.0572 e. The second-order valence-corrected chi connectivity index (χ2v) is 6.73. The van der Waals surface area contributed by atoms with Gasteiger partial charge in [0.15, 0.2) is 0 Å². The van der Waals surface area contributed by atoms with Crippen LogP contribution in [0.4, 0.5) is 0 Å². The van der Waals surface area contributed by atoms with Crippen LogP contribution in [0.25, 0.3) is 0 Å². The van der Waals surface area contributed by atoms with Gasteiger partial charge in [0.25, 0.3) is 0 Å². The molecule has 3 unspecified atom stereocenters. The SMILES string of the molecule is CC(C)(C)C1CCC(O)C(Cc2ccccn2)C1. The van der Waals surface area contributed by atoms with Gasteiger partial charge in [0.05, 0.1) is 6.10 Å². The van der Waals surface area contributed by atoms with Crippen molar-refractivity contribution in [3.8, 4) is 0 Å². The molecule has 2 nitrogen and oxygen atoms in total. The van der Waals surface area contributed by atoms with E-state index in [-0.39, 0.29) is 6.10 Å². The summed E-state index contributed by atoms with van der Waals surface area (Å²) >= 11 is 0. The van der Waals surface area contributed by atoms with Gasteiger partial charge in [-0.15, -0.1) is 0 Å². The molecule has 1 aliphatic rings. The smallest absolute Gasteiger partial charge is 0.0572 e. The maximum absolute atomic E-state index is 10.2. The predicted molar refractivity (Wildman–Crippen MR) is 74.2 cm³/mol. The zero-order chi connectivity index (χ0) is 13.2. The molecule has 1 aromatic heterocycles. The Morgan fingerprint density at radius 1 is 1.28 bits per heavy atom. The molecular formula is C16H25NO. The van der Waals surface area contributed by atoms with E-state index in [0.717, 1.165) is 37.3 Å². The van der Waals surface area contributed by atoms with Crippen LogP contribution in [0.15, 0.2) is 24.4 Å². The first-order chi connectivity index (χ1) is 8.47. The fourth-order valence-electron chi connectivity index (χ4n) is 3.04. The van der Waals surface area contributed by atoms with Crippen LogP contribution in [0, 0.1) is 17.3 Å². The highest BCUT2D eigenvalue weighted by atomic mass is 16.3. The summed E-state index contributed by atoms with van der Waals surface area (Å²) in [5.41, 5.74) is 1.46. The van der Waals surface area contributed by atoms with Crippen molar-refractivity contribution in [3.05, 3.63) is 30.1 Å². The predicted octanol–water partition coefficient (Wildman–Crippen LogP) is 3.45. The standard InChI is InChI=1S/C16H25NO/c1-16(2,3)13-7-8-15(18)12(10-13)11-14-6-4-5-9-17-14/h4-6,9,12-13,15,18H,7-8,10-11H2,1-3H3. The molecule has 0 bridgehead atoms. The van der Waals surface area contributed by atoms with Gasteiger partial charge in [-0.25, -0.2) is 0 Å². The second-order valence-electron chi connectivity index (χ2n) is 6.73. The quantitative estimate of drug-likeness (QED) is 0.868. The van der Waals surface area contributed by atoms with Crippen molar-refractivity contribution in [2.45, 2.75) is 52.6 Å². The highest BCUT2D eigenvalue weighted by Gasteiger charge is 2.35. The van der Waals surface area contributed by atoms with Crippen LogP contribution in [-0.2, 0) is 6.42 Å². The average molecular weight is 247 g/mol. The minimum absolute atomic E-state index is 0.148. The molecule has 0 spiro atoms. The van der Waals surface area contributed by atoms with Gasteiger partial charge in [-0.05, 0) is 55.1 Å². The van der Waals surface area contributed by atoms with Crippen LogP contribution < -0.4 is 0 Å². The van der Waals surface area contributed by atoms with Crippen molar-refractivity contribution in [2.24, 2.45) is 17.3 Å². The maximum atomic E-state index is 10.2. The number of aliphatic hydroxyl groups excluding tert-OH is 1. The van der Waals surface area contributed by atoms with Crippen LogP contribution in [0.3, 0.4) is 0 Å². The molecule has 0 aliphatic heterocycles. The van der Waals surface area contributed by atoms with Crippen LogP contribution >= 0.6 is 0 Å². The van der Waals surface area contributed by atoms with E-state index in [4.69, 9.17) is 0 Å². The number of aliphatic hydroxyl groups is 1. The Morgan fingerprint density at radius 3 is 2.67 bits per heavy atom. The Kier molecular flexibility index (Phi) is 4.06. The Morgan fingerprint density at radius 2 is 2.06 bits per heavy atom. The first-order valence-corrected chi connectivity index (χ1v) is 7.05. The van der Waals surface area contributed by atoms with Crippen molar-refractivity contribution in [1.82, 2.24) is 4.98 Å². The molecule has 0 amide bonds. The lowest BCUT2D eigenvalue weighted by molar-refractivity contribution is 0.0192. The van der Waals surface area contributed by atoms with Crippen LogP contribution in [0.2, 0.25) is 0 Å². The summed E-state index contributed by atoms with van der Waals surface area (Å²) in [5, 5.41) is 10.2. The first-order valence-electron chi connectivity index (χ1n) is 7.05. The Hall–Kier alpha value is -0.890. The van der Waals surface area contributed by atoms with Crippen molar-refractivity contribution in [2.75, 3.05) is 0 Å². The summed E-state index contributed by atoms with van der Waals surface area (Å²) in [6.07, 6.45) is 5.83. The summed E-state index contributed by atoms with van der Waals surface area (Å²) < 4.78 is 0. The summed E-state index contributed by atoms with van der Waals surface area (Å²) in [7, 11) is 0. The molecule has 1 aromatic rings. The van der Waals surface area contributed by atoms with E-state index < -0.39 is 0 Å². The fourth-order valence-corrected chi connectivity index (χ4v) is 3.04. The van der Waals surface area contributed by atoms with Gasteiger partial charge in [0.2, 0.25) is 0 Å². The van der Waals surface area contributed by atoms with E-state index in [1.165, 1.54) is 0 Å². The van der Waals surface area contributed by atoms with Crippen LogP contribution in [0.1, 0.15) is 45.7 Å². The molecule has 0 saturated heterocycles. The summed E-state index contributed by atoms with van der Waals surface area (Å²) in [6.45, 7) is 6.94. The third kappa shape index (κ3) is 3.32. The van der Waals surface area contributed by atoms with Crippen molar-refractivity contribution in [1.29, 1.82) is 0 Å². The minimum Gasteiger partial charge on any atom is -0.393 e. The lowest BCUT2D eigenvalue weighted by Gasteiger charge is -2.40. The second kappa shape index (κ2) is 5.40. The summed E-state index contributed by atoms with van der Waals surface area (Å²) in [4.78, 5) is 4.38. The minimum atomic E-state index is -0.148. The van der Waals surface area contributed by atoms with Gasteiger partial charge in [-0.3, -0.25) is 4.98 Å². The number of pyridine rings is 1. The van der Waals surface area contributed by atoms with Gasteiger partial charge in [-0.2, -0.15) is 0 Å². The molecule has 1 saturated carbocycles. The number of aromatic nitrogens is 1. The molecule has 100 valence electrons. The molecule has 18 heavy (non-hydrogen) atoms. The van der Waals surface area contributed by atoms with E-state index in [1.54, 1.807) is 0 Å². The lowest BCUT2D eigenvalue weighted by atomic mass is 9.67. The zero-order valence-corrected chi connectivity index (χ0v) is 11.8. The zero-order valence-electron chi connectivity index (χ0n) is 11.8. The van der Waals surface area contributed by atoms with E-state index in [1.807, 2.05) is 18.3 Å². The monoisotopic (exact) mass is 247 g/mol. The van der Waals surface area contributed by atoms with E-state index >= 15 is 0 Å². The number of rotatable bonds is 2. The van der Waals surface area contributed by atoms with Crippen LogP contribution in [-0.4, -0.2) is 16.2 Å². The van der Waals surface area contributed by atoms with Crippen molar-refractivity contribution in [3.63, 3.8) is 0 Å². The topological polar surface area (TPSA) is 33.1 Å². The third-order valence-corrected chi connectivity index (χ3v) is 4.36. The van der Waals surface area contributed by atoms with E-state index in [9.17, 15) is 5.11 Å². The summed E-state index contributed by atoms with van der Waals surface area (Å²) in [5.74, 6) is 1.09. The molecule has 3 atom stereocenters. The normalized spacial score (nSPS) is 29.2. The van der Waals surface area contributed by atoms with Gasteiger partial charge >= 0.3 is 0 Å². The fraction of sp³-hybridized carbons (Fsp3) is 0.688. The Bertz CT molecular complexity index is 368. The number of hydrogen-bond donors (Lipinski definition) is 1. The highest BCUT2D eigenvalue weighted by molar-refractivity contribution is 5.05. The molecule has 2 heteroatoms. The third-order valence-electron chi connectivity index (χ3n) is 4.36. The molecule has 1 N–H and O–H groups in total. The van der Waals surface area contributed by atoms with E-state index in [0.29, 0.717) is 11.3 Å². The van der Waals surface area contributed by atoms with Gasteiger partial charge < -0.3 is 5.11 Å². The lowest BCUT2D eigenvalue weighted by Crippen LogP contribution is -2.35. The largest absolute Gasteiger partial charge is 0.393 e. The van der Waals surface area contributed by atoms with Crippen molar-refractivity contribution >= 4 is 0 Å². The summed E-state index contributed by atoms with van der Waals surface area (Å²) in [6, 6.07) is 6.03. The first kappa shape index (κ1) is 13.5. The molecule has 0 aromatic carbocycles. The molecule has 1 heterocycles. The average Bonchev–Trinajstić information content (AvgIpc) is 2.32. The molecule has 2 rings (SSSR count). The molecule has 1 fully saturated rings. The van der Waals surface area contributed by atoms with Gasteiger partial charge in [-0.1, -0.05) is 26.8 Å². The number of nitrogens with zero attached hydrogens (tertiary/aromatic N) is 1. The molecular weight excluding hydrogens is 222 g/mol. The number of hydrogen-bond acceptors (Lipinski definition) is 2. The van der Waals surface area contributed by atoms with Gasteiger partial charge in [0.1, 0.15) is 0 Å². The molecule has 0 radical (unpaired) electrons. The van der Waals surface area contributed by atoms with E-state index in [2.05, 4.69) is 31.8 Å². The van der Waals surface area contributed by atoms with Crippen molar-refractivity contribution < 1.29 is 5.11 Å². The van der Waals surface area contributed by atoms with Gasteiger partial charge in [0, 0.05) is 11.9 Å².